The molecular formula is C22H31N5O2S2. The van der Waals surface area contributed by atoms with Crippen molar-refractivity contribution in [1.29, 1.82) is 0 Å². The second-order valence-electron chi connectivity index (χ2n) is 8.70. The molecule has 1 saturated heterocycles. The highest BCUT2D eigenvalue weighted by molar-refractivity contribution is 8.00. The standard InChI is InChI=1S/C22H31N5O2S2/c1-4-14-5-6-17-16(11-14)12-18(31-17)20-24-25-22(26(20)3)30-13(2)21(29)27-9-7-15(8-10-27)19(23)28/h12-15H,4-11H2,1-3H3,(H2,23,28). The second-order valence-corrected chi connectivity index (χ2v) is 11.1. The lowest BCUT2D eigenvalue weighted by Crippen LogP contribution is -2.44. The Hall–Kier alpha value is -1.87. The van der Waals surface area contributed by atoms with Gasteiger partial charge in [-0.1, -0.05) is 25.1 Å². The number of nitrogens with two attached hydrogens (primary N) is 1. The van der Waals surface area contributed by atoms with Crippen LogP contribution < -0.4 is 5.73 Å². The van der Waals surface area contributed by atoms with Crippen LogP contribution in [0.1, 0.15) is 50.0 Å². The predicted molar refractivity (Wildman–Crippen MR) is 124 cm³/mol. The van der Waals surface area contributed by atoms with Crippen molar-refractivity contribution in [3.05, 3.63) is 16.5 Å². The van der Waals surface area contributed by atoms with Crippen LogP contribution in [-0.4, -0.2) is 49.8 Å². The largest absolute Gasteiger partial charge is 0.369 e. The first-order valence-electron chi connectivity index (χ1n) is 11.1. The summed E-state index contributed by atoms with van der Waals surface area (Å²) in [5.74, 6) is 1.37. The molecule has 2 unspecified atom stereocenters. The number of carbonyl (C=O) groups excluding carboxylic acids is 2. The lowest BCUT2D eigenvalue weighted by molar-refractivity contribution is -0.134. The summed E-state index contributed by atoms with van der Waals surface area (Å²) < 4.78 is 2.00. The maximum atomic E-state index is 12.9. The maximum absolute atomic E-state index is 12.9. The number of aromatic nitrogens is 3. The fraction of sp³-hybridized carbons (Fsp3) is 0.636. The van der Waals surface area contributed by atoms with Crippen LogP contribution in [-0.2, 0) is 29.5 Å². The number of rotatable bonds is 6. The van der Waals surface area contributed by atoms with Gasteiger partial charge >= 0.3 is 0 Å². The van der Waals surface area contributed by atoms with Crippen LogP contribution in [0.15, 0.2) is 11.2 Å². The first-order chi connectivity index (χ1) is 14.9. The molecule has 2 aromatic heterocycles. The van der Waals surface area contributed by atoms with E-state index in [4.69, 9.17) is 5.73 Å². The van der Waals surface area contributed by atoms with E-state index in [9.17, 15) is 9.59 Å². The number of carbonyl (C=O) groups is 2. The Labute approximate surface area is 191 Å². The number of thioether (sulfide) groups is 1. The van der Waals surface area contributed by atoms with Gasteiger partial charge in [0.25, 0.3) is 0 Å². The molecule has 7 nitrogen and oxygen atoms in total. The Kier molecular flexibility index (Phi) is 6.71. The summed E-state index contributed by atoms with van der Waals surface area (Å²) in [7, 11) is 1.97. The van der Waals surface area contributed by atoms with Crippen molar-refractivity contribution >= 4 is 34.9 Å². The number of thiophene rings is 1. The SMILES string of the molecule is CCC1CCc2sc(-c3nnc(SC(C)C(=O)N4CCC(C(N)=O)CC4)n3C)cc2C1. The number of hydrogen-bond donors (Lipinski definition) is 1. The van der Waals surface area contributed by atoms with Crippen molar-refractivity contribution in [1.82, 2.24) is 19.7 Å². The van der Waals surface area contributed by atoms with Crippen molar-refractivity contribution in [2.75, 3.05) is 13.1 Å². The lowest BCUT2D eigenvalue weighted by Gasteiger charge is -2.32. The summed E-state index contributed by atoms with van der Waals surface area (Å²) in [5, 5.41) is 9.32. The topological polar surface area (TPSA) is 94.1 Å². The molecule has 4 rings (SSSR count). The number of likely N-dealkylation sites (tertiary alicyclic amines) is 1. The summed E-state index contributed by atoms with van der Waals surface area (Å²) >= 11 is 3.28. The van der Waals surface area contributed by atoms with E-state index in [-0.39, 0.29) is 23.0 Å². The maximum Gasteiger partial charge on any atom is 0.235 e. The minimum atomic E-state index is -0.262. The Morgan fingerprint density at radius 1 is 1.29 bits per heavy atom. The summed E-state index contributed by atoms with van der Waals surface area (Å²) in [6, 6.07) is 2.29. The molecule has 2 atom stereocenters. The predicted octanol–water partition coefficient (Wildman–Crippen LogP) is 3.26. The normalized spacial score (nSPS) is 20.5. The van der Waals surface area contributed by atoms with Crippen molar-refractivity contribution in [3.63, 3.8) is 0 Å². The van der Waals surface area contributed by atoms with E-state index in [1.807, 2.05) is 34.8 Å². The zero-order chi connectivity index (χ0) is 22.1. The van der Waals surface area contributed by atoms with Crippen molar-refractivity contribution in [2.24, 2.45) is 24.6 Å². The highest BCUT2D eigenvalue weighted by Crippen LogP contribution is 2.38. The van der Waals surface area contributed by atoms with Gasteiger partial charge in [0.15, 0.2) is 11.0 Å². The fourth-order valence-electron chi connectivity index (χ4n) is 4.54. The van der Waals surface area contributed by atoms with E-state index in [0.717, 1.165) is 28.2 Å². The van der Waals surface area contributed by atoms with Crippen LogP contribution in [0.3, 0.4) is 0 Å². The summed E-state index contributed by atoms with van der Waals surface area (Å²) in [5.41, 5.74) is 6.87. The van der Waals surface area contributed by atoms with E-state index in [0.29, 0.717) is 25.9 Å². The number of fused-ring (bicyclic) bond motifs is 1. The summed E-state index contributed by atoms with van der Waals surface area (Å²) in [4.78, 5) is 28.7. The van der Waals surface area contributed by atoms with Crippen LogP contribution in [0.5, 0.6) is 0 Å². The van der Waals surface area contributed by atoms with Gasteiger partial charge in [-0.2, -0.15) is 0 Å². The molecular weight excluding hydrogens is 430 g/mol. The Morgan fingerprint density at radius 2 is 2.03 bits per heavy atom. The Morgan fingerprint density at radius 3 is 2.71 bits per heavy atom. The molecule has 2 amide bonds. The fourth-order valence-corrected chi connectivity index (χ4v) is 6.67. The molecule has 0 aromatic carbocycles. The third-order valence-corrected chi connectivity index (χ3v) is 9.01. The monoisotopic (exact) mass is 461 g/mol. The smallest absolute Gasteiger partial charge is 0.235 e. The molecule has 2 aliphatic rings. The van der Waals surface area contributed by atoms with Crippen LogP contribution in [0.4, 0.5) is 0 Å². The molecule has 2 aromatic rings. The molecule has 9 heteroatoms. The molecule has 2 N–H and O–H groups in total. The van der Waals surface area contributed by atoms with E-state index in [1.165, 1.54) is 41.5 Å². The summed E-state index contributed by atoms with van der Waals surface area (Å²) in [6.45, 7) is 5.36. The van der Waals surface area contributed by atoms with Gasteiger partial charge in [-0.15, -0.1) is 21.5 Å². The van der Waals surface area contributed by atoms with Gasteiger partial charge < -0.3 is 15.2 Å². The van der Waals surface area contributed by atoms with Crippen molar-refractivity contribution in [3.8, 4) is 10.7 Å². The number of hydrogen-bond acceptors (Lipinski definition) is 6. The van der Waals surface area contributed by atoms with E-state index in [2.05, 4.69) is 23.2 Å². The molecule has 0 bridgehead atoms. The number of amides is 2. The molecule has 3 heterocycles. The van der Waals surface area contributed by atoms with Gasteiger partial charge in [0.05, 0.1) is 10.1 Å². The Balaban J connectivity index is 1.41. The minimum absolute atomic E-state index is 0.0784. The first kappa shape index (κ1) is 22.3. The third kappa shape index (κ3) is 4.67. The van der Waals surface area contributed by atoms with Crippen molar-refractivity contribution in [2.45, 2.75) is 62.8 Å². The number of aryl methyl sites for hydroxylation is 1. The lowest BCUT2D eigenvalue weighted by atomic mass is 9.87. The Bertz CT molecular complexity index is 961. The highest BCUT2D eigenvalue weighted by Gasteiger charge is 2.30. The van der Waals surface area contributed by atoms with Gasteiger partial charge in [0.1, 0.15) is 0 Å². The van der Waals surface area contributed by atoms with Crippen LogP contribution in [0.25, 0.3) is 10.7 Å². The summed E-state index contributed by atoms with van der Waals surface area (Å²) in [6.07, 6.45) is 6.14. The van der Waals surface area contributed by atoms with Crippen molar-refractivity contribution < 1.29 is 9.59 Å². The molecule has 168 valence electrons. The first-order valence-corrected chi connectivity index (χ1v) is 12.8. The minimum Gasteiger partial charge on any atom is -0.369 e. The average molecular weight is 462 g/mol. The molecule has 1 aliphatic heterocycles. The van der Waals surface area contributed by atoms with E-state index < -0.39 is 0 Å². The van der Waals surface area contributed by atoms with Gasteiger partial charge in [-0.05, 0) is 56.6 Å². The average Bonchev–Trinajstić information content (AvgIpc) is 3.35. The second kappa shape index (κ2) is 9.32. The van der Waals surface area contributed by atoms with Crippen LogP contribution in [0.2, 0.25) is 0 Å². The molecule has 0 saturated carbocycles. The zero-order valence-corrected chi connectivity index (χ0v) is 20.1. The molecule has 31 heavy (non-hydrogen) atoms. The quantitative estimate of drug-likeness (QED) is 0.667. The van der Waals surface area contributed by atoms with Crippen LogP contribution in [0, 0.1) is 11.8 Å². The molecule has 0 radical (unpaired) electrons. The highest BCUT2D eigenvalue weighted by atomic mass is 32.2. The van der Waals surface area contributed by atoms with Gasteiger partial charge in [-0.25, -0.2) is 0 Å². The number of primary amides is 1. The van der Waals surface area contributed by atoms with Gasteiger partial charge in [0, 0.05) is 30.9 Å². The van der Waals surface area contributed by atoms with E-state index >= 15 is 0 Å². The molecule has 1 aliphatic carbocycles. The number of piperidine rings is 1. The zero-order valence-electron chi connectivity index (χ0n) is 18.5. The van der Waals surface area contributed by atoms with Crippen LogP contribution >= 0.6 is 23.1 Å². The van der Waals surface area contributed by atoms with E-state index in [1.54, 1.807) is 0 Å². The number of nitrogens with zero attached hydrogens (tertiary/aromatic N) is 4. The third-order valence-electron chi connectivity index (χ3n) is 6.66. The molecule has 0 spiro atoms. The van der Waals surface area contributed by atoms with Gasteiger partial charge in [0.2, 0.25) is 11.8 Å². The molecule has 1 fully saturated rings. The van der Waals surface area contributed by atoms with Gasteiger partial charge in [-0.3, -0.25) is 9.59 Å².